The fourth-order valence-electron chi connectivity index (χ4n) is 1.68. The summed E-state index contributed by atoms with van der Waals surface area (Å²) in [4.78, 5) is 11.8. The Hall–Kier alpha value is -1.10. The van der Waals surface area contributed by atoms with E-state index >= 15 is 0 Å². The molecule has 1 saturated heterocycles. The molecule has 17 heavy (non-hydrogen) atoms. The Morgan fingerprint density at radius 3 is 2.82 bits per heavy atom. The zero-order valence-electron chi connectivity index (χ0n) is 9.59. The quantitative estimate of drug-likeness (QED) is 0.745. The fraction of sp³-hybridized carbons (Fsp3) is 0.417. The number of rotatable bonds is 3. The highest BCUT2D eigenvalue weighted by Gasteiger charge is 2.34. The van der Waals surface area contributed by atoms with Crippen LogP contribution in [0.2, 0.25) is 5.02 Å². The number of hydrogen-bond donors (Lipinski definition) is 3. The van der Waals surface area contributed by atoms with Crippen LogP contribution in [0.1, 0.15) is 15.9 Å². The Morgan fingerprint density at radius 1 is 1.59 bits per heavy atom. The van der Waals surface area contributed by atoms with E-state index in [-0.39, 0.29) is 12.5 Å². The summed E-state index contributed by atoms with van der Waals surface area (Å²) >= 11 is 5.99. The fourth-order valence-corrected chi connectivity index (χ4v) is 2.00. The number of aryl methyl sites for hydroxylation is 1. The lowest BCUT2D eigenvalue weighted by atomic mass is 9.97. The highest BCUT2D eigenvalue weighted by Crippen LogP contribution is 2.17. The minimum Gasteiger partial charge on any atom is -0.385 e. The maximum Gasteiger partial charge on any atom is 0.252 e. The van der Waals surface area contributed by atoms with Crippen molar-refractivity contribution in [2.24, 2.45) is 0 Å². The maximum absolute atomic E-state index is 11.8. The van der Waals surface area contributed by atoms with E-state index in [1.807, 2.05) is 13.0 Å². The van der Waals surface area contributed by atoms with Gasteiger partial charge in [0.1, 0.15) is 5.60 Å². The molecule has 1 aromatic carbocycles. The van der Waals surface area contributed by atoms with Crippen molar-refractivity contribution in [2.45, 2.75) is 12.5 Å². The summed E-state index contributed by atoms with van der Waals surface area (Å²) in [5.74, 6) is -0.254. The van der Waals surface area contributed by atoms with E-state index in [0.29, 0.717) is 23.7 Å². The normalized spacial score (nSPS) is 17.4. The number of amides is 1. The smallest absolute Gasteiger partial charge is 0.252 e. The van der Waals surface area contributed by atoms with Gasteiger partial charge in [-0.05, 0) is 24.6 Å². The van der Waals surface area contributed by atoms with Crippen LogP contribution in [-0.4, -0.2) is 36.2 Å². The SMILES string of the molecule is Cc1ccc(C(=O)NCC2(O)CNC2)c(Cl)c1. The van der Waals surface area contributed by atoms with E-state index < -0.39 is 5.60 Å². The number of carbonyl (C=O) groups excluding carboxylic acids is 1. The molecule has 0 spiro atoms. The van der Waals surface area contributed by atoms with Gasteiger partial charge in [-0.25, -0.2) is 0 Å². The lowest BCUT2D eigenvalue weighted by Gasteiger charge is -2.37. The maximum atomic E-state index is 11.8. The van der Waals surface area contributed by atoms with Gasteiger partial charge >= 0.3 is 0 Å². The van der Waals surface area contributed by atoms with Crippen LogP contribution in [0.5, 0.6) is 0 Å². The third-order valence-electron chi connectivity index (χ3n) is 2.86. The summed E-state index contributed by atoms with van der Waals surface area (Å²) in [6, 6.07) is 5.27. The van der Waals surface area contributed by atoms with Crippen molar-refractivity contribution in [2.75, 3.05) is 19.6 Å². The van der Waals surface area contributed by atoms with Crippen LogP contribution in [0.3, 0.4) is 0 Å². The minimum absolute atomic E-state index is 0.239. The molecule has 3 N–H and O–H groups in total. The van der Waals surface area contributed by atoms with Crippen molar-refractivity contribution < 1.29 is 9.90 Å². The van der Waals surface area contributed by atoms with E-state index in [1.165, 1.54) is 0 Å². The number of aliphatic hydroxyl groups is 1. The largest absolute Gasteiger partial charge is 0.385 e. The van der Waals surface area contributed by atoms with Crippen LogP contribution < -0.4 is 10.6 Å². The molecule has 4 nitrogen and oxygen atoms in total. The van der Waals surface area contributed by atoms with Crippen LogP contribution in [0.15, 0.2) is 18.2 Å². The van der Waals surface area contributed by atoms with Crippen LogP contribution in [-0.2, 0) is 0 Å². The second kappa shape index (κ2) is 4.64. The molecule has 1 aliphatic heterocycles. The van der Waals surface area contributed by atoms with Gasteiger partial charge in [0.15, 0.2) is 0 Å². The van der Waals surface area contributed by atoms with Gasteiger partial charge in [-0.3, -0.25) is 4.79 Å². The van der Waals surface area contributed by atoms with Crippen molar-refractivity contribution in [1.29, 1.82) is 0 Å². The molecule has 0 bridgehead atoms. The summed E-state index contributed by atoms with van der Waals surface area (Å²) in [5.41, 5.74) is 0.633. The lowest BCUT2D eigenvalue weighted by molar-refractivity contribution is -0.00759. The molecule has 0 aromatic heterocycles. The Morgan fingerprint density at radius 2 is 2.29 bits per heavy atom. The second-order valence-electron chi connectivity index (χ2n) is 4.49. The van der Waals surface area contributed by atoms with Gasteiger partial charge in [0.05, 0.1) is 10.6 Å². The summed E-state index contributed by atoms with van der Waals surface area (Å²) in [7, 11) is 0. The van der Waals surface area contributed by atoms with E-state index in [0.717, 1.165) is 5.56 Å². The molecule has 1 aromatic rings. The Labute approximate surface area is 105 Å². The van der Waals surface area contributed by atoms with E-state index in [9.17, 15) is 9.90 Å². The van der Waals surface area contributed by atoms with Crippen molar-refractivity contribution >= 4 is 17.5 Å². The first kappa shape index (κ1) is 12.4. The molecule has 0 saturated carbocycles. The first-order chi connectivity index (χ1) is 8.00. The van der Waals surface area contributed by atoms with Gasteiger partial charge in [-0.1, -0.05) is 17.7 Å². The highest BCUT2D eigenvalue weighted by atomic mass is 35.5. The average molecular weight is 255 g/mol. The van der Waals surface area contributed by atoms with Crippen molar-refractivity contribution in [1.82, 2.24) is 10.6 Å². The number of benzene rings is 1. The molecule has 5 heteroatoms. The molecule has 2 rings (SSSR count). The predicted molar refractivity (Wildman–Crippen MR) is 66.3 cm³/mol. The zero-order chi connectivity index (χ0) is 12.5. The minimum atomic E-state index is -0.813. The Balaban J connectivity index is 1.99. The molecule has 1 amide bonds. The van der Waals surface area contributed by atoms with Gasteiger partial charge in [0.2, 0.25) is 0 Å². The average Bonchev–Trinajstić information content (AvgIpc) is 2.23. The van der Waals surface area contributed by atoms with Crippen molar-refractivity contribution in [3.8, 4) is 0 Å². The molecule has 0 radical (unpaired) electrons. The van der Waals surface area contributed by atoms with Gasteiger partial charge in [0, 0.05) is 19.6 Å². The summed E-state index contributed by atoms with van der Waals surface area (Å²) in [6.45, 7) is 3.17. The van der Waals surface area contributed by atoms with Crippen molar-refractivity contribution in [3.05, 3.63) is 34.3 Å². The van der Waals surface area contributed by atoms with Gasteiger partial charge < -0.3 is 15.7 Å². The lowest BCUT2D eigenvalue weighted by Crippen LogP contribution is -2.64. The van der Waals surface area contributed by atoms with Crippen LogP contribution in [0, 0.1) is 6.92 Å². The van der Waals surface area contributed by atoms with Crippen LogP contribution >= 0.6 is 11.6 Å². The van der Waals surface area contributed by atoms with Crippen LogP contribution in [0.4, 0.5) is 0 Å². The first-order valence-electron chi connectivity index (χ1n) is 5.48. The molecular weight excluding hydrogens is 240 g/mol. The number of carbonyl (C=O) groups is 1. The third kappa shape index (κ3) is 2.77. The summed E-state index contributed by atoms with van der Waals surface area (Å²) < 4.78 is 0. The van der Waals surface area contributed by atoms with Gasteiger partial charge in [0.25, 0.3) is 5.91 Å². The number of hydrogen-bond acceptors (Lipinski definition) is 3. The molecule has 1 heterocycles. The first-order valence-corrected chi connectivity index (χ1v) is 5.85. The topological polar surface area (TPSA) is 61.4 Å². The number of nitrogens with one attached hydrogen (secondary N) is 2. The van der Waals surface area contributed by atoms with Crippen molar-refractivity contribution in [3.63, 3.8) is 0 Å². The molecule has 0 aliphatic carbocycles. The van der Waals surface area contributed by atoms with E-state index in [2.05, 4.69) is 10.6 Å². The molecule has 92 valence electrons. The number of β-amino-alcohol motifs (C(OH)–C–C–N with tert-alkyl or cyclic N) is 1. The third-order valence-corrected chi connectivity index (χ3v) is 3.17. The molecule has 1 fully saturated rings. The summed E-state index contributed by atoms with van der Waals surface area (Å²) in [5, 5.41) is 15.9. The van der Waals surface area contributed by atoms with E-state index in [4.69, 9.17) is 11.6 Å². The molecular formula is C12H15ClN2O2. The standard InChI is InChI=1S/C12H15ClN2O2/c1-8-2-3-9(10(13)4-8)11(16)15-7-12(17)5-14-6-12/h2-4,14,17H,5-7H2,1H3,(H,15,16). The van der Waals surface area contributed by atoms with E-state index in [1.54, 1.807) is 12.1 Å². The second-order valence-corrected chi connectivity index (χ2v) is 4.90. The van der Waals surface area contributed by atoms with Gasteiger partial charge in [-0.2, -0.15) is 0 Å². The molecule has 0 unspecified atom stereocenters. The zero-order valence-corrected chi connectivity index (χ0v) is 10.3. The Kier molecular flexibility index (Phi) is 3.38. The highest BCUT2D eigenvalue weighted by molar-refractivity contribution is 6.33. The van der Waals surface area contributed by atoms with Gasteiger partial charge in [-0.15, -0.1) is 0 Å². The molecule has 0 atom stereocenters. The number of halogens is 1. The predicted octanol–water partition coefficient (Wildman–Crippen LogP) is 0.713. The summed E-state index contributed by atoms with van der Waals surface area (Å²) in [6.07, 6.45) is 0. The van der Waals surface area contributed by atoms with Crippen LogP contribution in [0.25, 0.3) is 0 Å². The molecule has 1 aliphatic rings. The monoisotopic (exact) mass is 254 g/mol. The Bertz CT molecular complexity index is 444.